The molecule has 4 heteroatoms. The fourth-order valence-electron chi connectivity index (χ4n) is 3.13. The molecule has 0 aliphatic heterocycles. The van der Waals surface area contributed by atoms with Crippen LogP contribution >= 0.6 is 0 Å². The molecule has 0 aliphatic carbocycles. The van der Waals surface area contributed by atoms with Gasteiger partial charge in [0.25, 0.3) is 0 Å². The van der Waals surface area contributed by atoms with Gasteiger partial charge in [0.1, 0.15) is 0 Å². The first-order valence-corrected chi connectivity index (χ1v) is 10.8. The zero-order valence-electron chi connectivity index (χ0n) is 16.9. The van der Waals surface area contributed by atoms with Gasteiger partial charge in [0.05, 0.1) is 0 Å². The molecule has 0 atom stereocenters. The fourth-order valence-corrected chi connectivity index (χ4v) is 3.13. The first-order chi connectivity index (χ1) is 12.6. The molecule has 0 saturated carbocycles. The van der Waals surface area contributed by atoms with Crippen LogP contribution in [0.1, 0.15) is 116 Å². The Kier molecular flexibility index (Phi) is 19.0. The maximum atomic E-state index is 10.6. The fraction of sp³-hybridized carbons (Fsp3) is 0.818. The van der Waals surface area contributed by atoms with E-state index in [4.69, 9.17) is 11.5 Å². The third-order valence-corrected chi connectivity index (χ3v) is 4.75. The van der Waals surface area contributed by atoms with E-state index in [9.17, 15) is 9.59 Å². The van der Waals surface area contributed by atoms with Crippen LogP contribution in [0.3, 0.4) is 0 Å². The molecule has 152 valence electrons. The molecule has 0 saturated heterocycles. The molecule has 26 heavy (non-hydrogen) atoms. The Morgan fingerprint density at radius 1 is 0.462 bits per heavy atom. The van der Waals surface area contributed by atoms with Crippen molar-refractivity contribution >= 4 is 11.8 Å². The highest BCUT2D eigenvalue weighted by molar-refractivity contribution is 5.73. The van der Waals surface area contributed by atoms with Gasteiger partial charge in [0.15, 0.2) is 0 Å². The second-order valence-electron chi connectivity index (χ2n) is 7.43. The van der Waals surface area contributed by atoms with Crippen molar-refractivity contribution < 1.29 is 9.59 Å². The quantitative estimate of drug-likeness (QED) is 0.219. The molecule has 4 N–H and O–H groups in total. The maximum absolute atomic E-state index is 10.6. The van der Waals surface area contributed by atoms with Crippen LogP contribution < -0.4 is 11.5 Å². The first-order valence-electron chi connectivity index (χ1n) is 10.8. The number of amides is 2. The molecule has 0 aliphatic rings. The molecule has 0 fully saturated rings. The van der Waals surface area contributed by atoms with Crippen molar-refractivity contribution in [2.24, 2.45) is 11.5 Å². The normalized spacial score (nSPS) is 11.2. The van der Waals surface area contributed by atoms with Crippen LogP contribution in [-0.2, 0) is 9.59 Å². The Morgan fingerprint density at radius 2 is 0.731 bits per heavy atom. The second kappa shape index (κ2) is 20.0. The lowest BCUT2D eigenvalue weighted by Gasteiger charge is -2.01. The smallest absolute Gasteiger partial charge is 0.217 e. The van der Waals surface area contributed by atoms with E-state index in [0.29, 0.717) is 12.8 Å². The predicted molar refractivity (Wildman–Crippen MR) is 111 cm³/mol. The minimum atomic E-state index is -0.172. The van der Waals surface area contributed by atoms with E-state index in [1.807, 2.05) is 0 Å². The van der Waals surface area contributed by atoms with E-state index in [1.54, 1.807) is 0 Å². The van der Waals surface area contributed by atoms with Gasteiger partial charge in [0.2, 0.25) is 11.8 Å². The van der Waals surface area contributed by atoms with Crippen LogP contribution in [-0.4, -0.2) is 11.8 Å². The SMILES string of the molecule is NC(=O)CCCCCCCCC/C=C/CCCCCCCCCC(N)=O. The molecule has 4 nitrogen and oxygen atoms in total. The van der Waals surface area contributed by atoms with Crippen molar-refractivity contribution in [2.75, 3.05) is 0 Å². The van der Waals surface area contributed by atoms with Crippen molar-refractivity contribution in [1.29, 1.82) is 0 Å². The van der Waals surface area contributed by atoms with Gasteiger partial charge in [-0.1, -0.05) is 76.4 Å². The Balaban J connectivity index is 3.11. The lowest BCUT2D eigenvalue weighted by molar-refractivity contribution is -0.119. The van der Waals surface area contributed by atoms with Gasteiger partial charge in [-0.25, -0.2) is 0 Å². The molecule has 0 rings (SSSR count). The Bertz CT molecular complexity index is 333. The predicted octanol–water partition coefficient (Wildman–Crippen LogP) is 5.54. The van der Waals surface area contributed by atoms with Gasteiger partial charge in [-0.05, 0) is 38.5 Å². The third kappa shape index (κ3) is 22.7. The molecule has 0 spiro atoms. The minimum absolute atomic E-state index is 0.172. The zero-order valence-corrected chi connectivity index (χ0v) is 16.9. The molecule has 0 aromatic rings. The van der Waals surface area contributed by atoms with Crippen molar-refractivity contribution in [1.82, 2.24) is 0 Å². The van der Waals surface area contributed by atoms with E-state index >= 15 is 0 Å². The Labute approximate surface area is 161 Å². The van der Waals surface area contributed by atoms with Gasteiger partial charge >= 0.3 is 0 Å². The standard InChI is InChI=1S/C22H42N2O2/c23-21(25)19-17-15-13-11-9-7-5-3-1-2-4-6-8-10-12-14-16-18-20-22(24)26/h1-2H,3-20H2,(H2,23,25)(H2,24,26)/b2-1+. The topological polar surface area (TPSA) is 86.2 Å². The van der Waals surface area contributed by atoms with Crippen molar-refractivity contribution in [2.45, 2.75) is 116 Å². The van der Waals surface area contributed by atoms with Gasteiger partial charge < -0.3 is 11.5 Å². The number of unbranched alkanes of at least 4 members (excludes halogenated alkanes) is 14. The molecule has 2 amide bonds. The molecule has 0 aromatic carbocycles. The molecule has 0 unspecified atom stereocenters. The number of nitrogens with two attached hydrogens (primary N) is 2. The maximum Gasteiger partial charge on any atom is 0.217 e. The van der Waals surface area contributed by atoms with Crippen molar-refractivity contribution in [3.05, 3.63) is 12.2 Å². The Hall–Kier alpha value is -1.32. The number of carbonyl (C=O) groups excluding carboxylic acids is 2. The first kappa shape index (κ1) is 24.7. The van der Waals surface area contributed by atoms with E-state index in [0.717, 1.165) is 25.7 Å². The number of primary amides is 2. The lowest BCUT2D eigenvalue weighted by atomic mass is 10.1. The number of hydrogen-bond donors (Lipinski definition) is 2. The molecular weight excluding hydrogens is 324 g/mol. The van der Waals surface area contributed by atoms with Gasteiger partial charge in [-0.15, -0.1) is 0 Å². The second-order valence-corrected chi connectivity index (χ2v) is 7.43. The van der Waals surface area contributed by atoms with Crippen molar-refractivity contribution in [3.63, 3.8) is 0 Å². The van der Waals surface area contributed by atoms with E-state index in [-0.39, 0.29) is 11.8 Å². The van der Waals surface area contributed by atoms with Crippen LogP contribution in [0.5, 0.6) is 0 Å². The van der Waals surface area contributed by atoms with Gasteiger partial charge in [0, 0.05) is 12.8 Å². The Morgan fingerprint density at radius 3 is 1.04 bits per heavy atom. The van der Waals surface area contributed by atoms with Crippen LogP contribution in [0.15, 0.2) is 12.2 Å². The van der Waals surface area contributed by atoms with E-state index in [2.05, 4.69) is 12.2 Å². The third-order valence-electron chi connectivity index (χ3n) is 4.75. The molecule has 0 aromatic heterocycles. The summed E-state index contributed by atoms with van der Waals surface area (Å²) in [7, 11) is 0. The number of allylic oxidation sites excluding steroid dienone is 2. The number of rotatable bonds is 20. The van der Waals surface area contributed by atoms with Gasteiger partial charge in [-0.3, -0.25) is 9.59 Å². The highest BCUT2D eigenvalue weighted by atomic mass is 16.1. The molecule has 0 bridgehead atoms. The minimum Gasteiger partial charge on any atom is -0.370 e. The summed E-state index contributed by atoms with van der Waals surface area (Å²) in [4.78, 5) is 21.2. The number of carbonyl (C=O) groups is 2. The average Bonchev–Trinajstić information content (AvgIpc) is 2.59. The summed E-state index contributed by atoms with van der Waals surface area (Å²) < 4.78 is 0. The summed E-state index contributed by atoms with van der Waals surface area (Å²) in [5.41, 5.74) is 10.2. The highest BCUT2D eigenvalue weighted by Gasteiger charge is 1.96. The summed E-state index contributed by atoms with van der Waals surface area (Å²) in [6.45, 7) is 0. The van der Waals surface area contributed by atoms with E-state index in [1.165, 1.54) is 77.0 Å². The summed E-state index contributed by atoms with van der Waals surface area (Å²) in [6, 6.07) is 0. The molecule has 0 radical (unpaired) electrons. The lowest BCUT2D eigenvalue weighted by Crippen LogP contribution is -2.09. The summed E-state index contributed by atoms with van der Waals surface area (Å²) in [5, 5.41) is 0. The highest BCUT2D eigenvalue weighted by Crippen LogP contribution is 2.11. The van der Waals surface area contributed by atoms with Crippen molar-refractivity contribution in [3.8, 4) is 0 Å². The van der Waals surface area contributed by atoms with Crippen LogP contribution in [0.4, 0.5) is 0 Å². The van der Waals surface area contributed by atoms with Crippen LogP contribution in [0.25, 0.3) is 0 Å². The molecule has 0 heterocycles. The summed E-state index contributed by atoms with van der Waals surface area (Å²) >= 11 is 0. The van der Waals surface area contributed by atoms with Crippen LogP contribution in [0, 0.1) is 0 Å². The largest absolute Gasteiger partial charge is 0.370 e. The number of hydrogen-bond acceptors (Lipinski definition) is 2. The van der Waals surface area contributed by atoms with E-state index < -0.39 is 0 Å². The van der Waals surface area contributed by atoms with Gasteiger partial charge in [-0.2, -0.15) is 0 Å². The molecular formula is C22H42N2O2. The summed E-state index contributed by atoms with van der Waals surface area (Å²) in [6.07, 6.45) is 25.2. The average molecular weight is 367 g/mol. The monoisotopic (exact) mass is 366 g/mol. The van der Waals surface area contributed by atoms with Crippen LogP contribution in [0.2, 0.25) is 0 Å². The zero-order chi connectivity index (χ0) is 19.3. The summed E-state index contributed by atoms with van der Waals surface area (Å²) in [5.74, 6) is -0.345.